The fourth-order valence-electron chi connectivity index (χ4n) is 1.56. The molecule has 0 aliphatic heterocycles. The van der Waals surface area contributed by atoms with Gasteiger partial charge in [-0.25, -0.2) is 0 Å². The van der Waals surface area contributed by atoms with Gasteiger partial charge in [-0.1, -0.05) is 0 Å². The average molecular weight is 379 g/mol. The third-order valence-corrected chi connectivity index (χ3v) is 3.75. The first-order valence-electron chi connectivity index (χ1n) is 6.57. The molecule has 1 amide bonds. The number of rotatable bonds is 8. The van der Waals surface area contributed by atoms with Gasteiger partial charge in [-0.05, 0) is 49.8 Å². The van der Waals surface area contributed by atoms with Crippen molar-refractivity contribution in [2.24, 2.45) is 0 Å². The van der Waals surface area contributed by atoms with Crippen molar-refractivity contribution in [3.8, 4) is 0 Å². The standard InChI is InChI=1S/C13H22IN3O2/c1-10(2)19-8-4-6-15-13(18)5-7-17-11(3)12(14)9-16-17/h9-10H,4-8H2,1-3H3,(H,15,18). The minimum atomic E-state index is 0.0643. The minimum Gasteiger partial charge on any atom is -0.379 e. The molecule has 0 radical (unpaired) electrons. The Labute approximate surface area is 128 Å². The van der Waals surface area contributed by atoms with Crippen LogP contribution in [-0.2, 0) is 16.1 Å². The first kappa shape index (κ1) is 16.4. The van der Waals surface area contributed by atoms with Crippen molar-refractivity contribution in [1.29, 1.82) is 0 Å². The van der Waals surface area contributed by atoms with E-state index in [1.54, 1.807) is 0 Å². The second kappa shape index (κ2) is 8.52. The zero-order valence-electron chi connectivity index (χ0n) is 11.8. The van der Waals surface area contributed by atoms with E-state index >= 15 is 0 Å². The molecule has 0 unspecified atom stereocenters. The smallest absolute Gasteiger partial charge is 0.221 e. The van der Waals surface area contributed by atoms with Crippen LogP contribution in [0.2, 0.25) is 0 Å². The summed E-state index contributed by atoms with van der Waals surface area (Å²) < 4.78 is 8.40. The van der Waals surface area contributed by atoms with E-state index in [4.69, 9.17) is 4.74 Å². The number of carbonyl (C=O) groups is 1. The van der Waals surface area contributed by atoms with Crippen LogP contribution in [0.5, 0.6) is 0 Å². The summed E-state index contributed by atoms with van der Waals surface area (Å²) >= 11 is 2.24. The molecule has 0 aromatic carbocycles. The van der Waals surface area contributed by atoms with E-state index in [-0.39, 0.29) is 12.0 Å². The van der Waals surface area contributed by atoms with Crippen molar-refractivity contribution >= 4 is 28.5 Å². The molecule has 1 aromatic heterocycles. The van der Waals surface area contributed by atoms with E-state index in [1.807, 2.05) is 31.6 Å². The minimum absolute atomic E-state index is 0.0643. The molecule has 19 heavy (non-hydrogen) atoms. The molecule has 0 aliphatic rings. The van der Waals surface area contributed by atoms with Gasteiger partial charge in [0.25, 0.3) is 0 Å². The fraction of sp³-hybridized carbons (Fsp3) is 0.692. The second-order valence-electron chi connectivity index (χ2n) is 4.67. The number of nitrogens with zero attached hydrogens (tertiary/aromatic N) is 2. The van der Waals surface area contributed by atoms with Crippen LogP contribution in [-0.4, -0.2) is 34.9 Å². The zero-order chi connectivity index (χ0) is 14.3. The Morgan fingerprint density at radius 3 is 2.89 bits per heavy atom. The lowest BCUT2D eigenvalue weighted by Crippen LogP contribution is -2.26. The number of hydrogen-bond donors (Lipinski definition) is 1. The number of halogens is 1. The van der Waals surface area contributed by atoms with E-state index in [2.05, 4.69) is 33.0 Å². The van der Waals surface area contributed by atoms with Crippen molar-refractivity contribution in [2.45, 2.75) is 46.3 Å². The quantitative estimate of drug-likeness (QED) is 0.556. The van der Waals surface area contributed by atoms with Gasteiger partial charge in [0.1, 0.15) is 0 Å². The van der Waals surface area contributed by atoms with Crippen LogP contribution in [0, 0.1) is 10.5 Å². The van der Waals surface area contributed by atoms with Gasteiger partial charge < -0.3 is 10.1 Å². The topological polar surface area (TPSA) is 56.2 Å². The van der Waals surface area contributed by atoms with Crippen LogP contribution < -0.4 is 5.32 Å². The Morgan fingerprint density at radius 1 is 1.58 bits per heavy atom. The van der Waals surface area contributed by atoms with Crippen LogP contribution in [0.3, 0.4) is 0 Å². The van der Waals surface area contributed by atoms with E-state index in [9.17, 15) is 4.79 Å². The molecule has 108 valence electrons. The molecule has 0 atom stereocenters. The molecule has 5 nitrogen and oxygen atoms in total. The lowest BCUT2D eigenvalue weighted by Gasteiger charge is -2.08. The molecule has 0 saturated heterocycles. The van der Waals surface area contributed by atoms with E-state index in [0.29, 0.717) is 26.1 Å². The maximum Gasteiger partial charge on any atom is 0.221 e. The van der Waals surface area contributed by atoms with Gasteiger partial charge in [-0.15, -0.1) is 0 Å². The highest BCUT2D eigenvalue weighted by atomic mass is 127. The second-order valence-corrected chi connectivity index (χ2v) is 5.84. The van der Waals surface area contributed by atoms with Crippen molar-refractivity contribution in [3.63, 3.8) is 0 Å². The fourth-order valence-corrected chi connectivity index (χ4v) is 1.97. The van der Waals surface area contributed by atoms with Crippen LogP contribution in [0.25, 0.3) is 0 Å². The van der Waals surface area contributed by atoms with Gasteiger partial charge in [0.2, 0.25) is 5.91 Å². The predicted octanol–water partition coefficient (Wildman–Crippen LogP) is 2.12. The molecule has 0 saturated carbocycles. The summed E-state index contributed by atoms with van der Waals surface area (Å²) in [7, 11) is 0. The number of nitrogens with one attached hydrogen (secondary N) is 1. The predicted molar refractivity (Wildman–Crippen MR) is 83.0 cm³/mol. The summed E-state index contributed by atoms with van der Waals surface area (Å²) in [5.74, 6) is 0.0643. The normalized spacial score (nSPS) is 11.0. The zero-order valence-corrected chi connectivity index (χ0v) is 13.9. The summed E-state index contributed by atoms with van der Waals surface area (Å²) in [6.07, 6.45) is 3.38. The number of hydrogen-bond acceptors (Lipinski definition) is 3. The van der Waals surface area contributed by atoms with Crippen LogP contribution in [0.1, 0.15) is 32.4 Å². The molecule has 0 spiro atoms. The molecular formula is C13H22IN3O2. The van der Waals surface area contributed by atoms with Gasteiger partial charge in [0.05, 0.1) is 15.9 Å². The Balaban J connectivity index is 2.13. The summed E-state index contributed by atoms with van der Waals surface area (Å²) in [5.41, 5.74) is 1.11. The van der Waals surface area contributed by atoms with Crippen LogP contribution in [0.4, 0.5) is 0 Å². The summed E-state index contributed by atoms with van der Waals surface area (Å²) in [6, 6.07) is 0. The van der Waals surface area contributed by atoms with E-state index in [0.717, 1.165) is 15.7 Å². The number of aryl methyl sites for hydroxylation is 1. The van der Waals surface area contributed by atoms with Gasteiger partial charge in [-0.2, -0.15) is 5.10 Å². The maximum atomic E-state index is 11.6. The van der Waals surface area contributed by atoms with Crippen molar-refractivity contribution in [2.75, 3.05) is 13.2 Å². The van der Waals surface area contributed by atoms with Crippen molar-refractivity contribution in [3.05, 3.63) is 15.5 Å². The number of carbonyl (C=O) groups excluding carboxylic acids is 1. The number of aromatic nitrogens is 2. The monoisotopic (exact) mass is 379 g/mol. The van der Waals surface area contributed by atoms with E-state index < -0.39 is 0 Å². The molecule has 1 rings (SSSR count). The van der Waals surface area contributed by atoms with Gasteiger partial charge in [-0.3, -0.25) is 9.48 Å². The molecule has 0 fully saturated rings. The SMILES string of the molecule is Cc1c(I)cnn1CCC(=O)NCCCOC(C)C. The molecular weight excluding hydrogens is 357 g/mol. The molecule has 1 N–H and O–H groups in total. The van der Waals surface area contributed by atoms with Gasteiger partial charge >= 0.3 is 0 Å². The summed E-state index contributed by atoms with van der Waals surface area (Å²) in [5, 5.41) is 7.12. The van der Waals surface area contributed by atoms with Crippen molar-refractivity contribution in [1.82, 2.24) is 15.1 Å². The number of ether oxygens (including phenoxy) is 1. The lowest BCUT2D eigenvalue weighted by atomic mass is 10.3. The van der Waals surface area contributed by atoms with Gasteiger partial charge in [0, 0.05) is 31.8 Å². The first-order valence-corrected chi connectivity index (χ1v) is 7.64. The molecule has 0 aliphatic carbocycles. The Hall–Kier alpha value is -0.630. The molecule has 1 heterocycles. The third kappa shape index (κ3) is 6.38. The van der Waals surface area contributed by atoms with Crippen LogP contribution >= 0.6 is 22.6 Å². The Bertz CT molecular complexity index is 405. The van der Waals surface area contributed by atoms with E-state index in [1.165, 1.54) is 0 Å². The summed E-state index contributed by atoms with van der Waals surface area (Å²) in [6.45, 7) is 8.01. The first-order chi connectivity index (χ1) is 9.00. The molecule has 6 heteroatoms. The summed E-state index contributed by atoms with van der Waals surface area (Å²) in [4.78, 5) is 11.6. The highest BCUT2D eigenvalue weighted by Gasteiger charge is 2.06. The third-order valence-electron chi connectivity index (χ3n) is 2.69. The Kier molecular flexibility index (Phi) is 7.37. The van der Waals surface area contributed by atoms with Crippen molar-refractivity contribution < 1.29 is 9.53 Å². The number of amides is 1. The average Bonchev–Trinajstić information content (AvgIpc) is 2.67. The highest BCUT2D eigenvalue weighted by molar-refractivity contribution is 14.1. The van der Waals surface area contributed by atoms with Crippen LogP contribution in [0.15, 0.2) is 6.20 Å². The largest absolute Gasteiger partial charge is 0.379 e. The highest BCUT2D eigenvalue weighted by Crippen LogP contribution is 2.09. The van der Waals surface area contributed by atoms with Gasteiger partial charge in [0.15, 0.2) is 0 Å². The molecule has 0 bridgehead atoms. The maximum absolute atomic E-state index is 11.6. The lowest BCUT2D eigenvalue weighted by molar-refractivity contribution is -0.121. The molecule has 1 aromatic rings. The Morgan fingerprint density at radius 2 is 2.32 bits per heavy atom.